The summed E-state index contributed by atoms with van der Waals surface area (Å²) < 4.78 is 0.898. The summed E-state index contributed by atoms with van der Waals surface area (Å²) in [6.07, 6.45) is 0. The number of aryl methyl sites for hydroxylation is 1. The van der Waals surface area contributed by atoms with Crippen molar-refractivity contribution in [3.8, 4) is 0 Å². The maximum absolute atomic E-state index is 12.2. The zero-order chi connectivity index (χ0) is 15.4. The number of halogens is 2. The van der Waals surface area contributed by atoms with Gasteiger partial charge in [0.1, 0.15) is 6.04 Å². The van der Waals surface area contributed by atoms with E-state index in [-0.39, 0.29) is 5.91 Å². The summed E-state index contributed by atoms with van der Waals surface area (Å²) >= 11 is 9.48. The van der Waals surface area contributed by atoms with Gasteiger partial charge >= 0.3 is 0 Å². The lowest BCUT2D eigenvalue weighted by atomic mass is 10.2. The molecule has 0 aliphatic heterocycles. The van der Waals surface area contributed by atoms with Gasteiger partial charge in [0, 0.05) is 10.2 Å². The van der Waals surface area contributed by atoms with Crippen molar-refractivity contribution in [3.63, 3.8) is 0 Å². The molecule has 2 N–H and O–H groups in total. The first-order valence-corrected chi connectivity index (χ1v) is 7.72. The van der Waals surface area contributed by atoms with Crippen molar-refractivity contribution >= 4 is 44.8 Å². The van der Waals surface area contributed by atoms with Crippen molar-refractivity contribution in [3.05, 3.63) is 57.5 Å². The lowest BCUT2D eigenvalue weighted by molar-refractivity contribution is -0.116. The summed E-state index contributed by atoms with van der Waals surface area (Å²) in [5, 5.41) is 6.54. The Morgan fingerprint density at radius 2 is 1.86 bits per heavy atom. The summed E-state index contributed by atoms with van der Waals surface area (Å²) in [6.45, 7) is 3.80. The smallest absolute Gasteiger partial charge is 0.246 e. The lowest BCUT2D eigenvalue weighted by Crippen LogP contribution is -2.31. The number of carbonyl (C=O) groups is 1. The monoisotopic (exact) mass is 366 g/mol. The summed E-state index contributed by atoms with van der Waals surface area (Å²) in [5.41, 5.74) is 2.66. The molecule has 2 aromatic carbocycles. The summed E-state index contributed by atoms with van der Waals surface area (Å²) in [7, 11) is 0. The molecule has 110 valence electrons. The number of nitrogens with one attached hydrogen (secondary N) is 2. The highest BCUT2D eigenvalue weighted by Gasteiger charge is 2.14. The van der Waals surface area contributed by atoms with E-state index in [1.807, 2.05) is 43.3 Å². The molecule has 2 aromatic rings. The molecular weight excluding hydrogens is 352 g/mol. The minimum atomic E-state index is -0.398. The third-order valence-electron chi connectivity index (χ3n) is 3.02. The van der Waals surface area contributed by atoms with Gasteiger partial charge in [-0.05, 0) is 44.2 Å². The van der Waals surface area contributed by atoms with Crippen molar-refractivity contribution in [1.29, 1.82) is 0 Å². The Morgan fingerprint density at radius 3 is 2.48 bits per heavy atom. The standard InChI is InChI=1S/C16H16BrClN2O/c1-10-3-6-13(7-4-10)20-16(21)11(2)19-15-8-5-12(17)9-14(15)18/h3-9,11,19H,1-2H3,(H,20,21). The predicted octanol–water partition coefficient (Wildman–Crippen LogP) is 4.85. The number of carbonyl (C=O) groups excluding carboxylic acids is 1. The molecule has 3 nitrogen and oxygen atoms in total. The molecule has 0 saturated heterocycles. The molecule has 0 fully saturated rings. The lowest BCUT2D eigenvalue weighted by Gasteiger charge is -2.16. The largest absolute Gasteiger partial charge is 0.373 e. The molecule has 0 spiro atoms. The Labute approximate surface area is 137 Å². The van der Waals surface area contributed by atoms with Crippen LogP contribution in [0.15, 0.2) is 46.9 Å². The molecule has 1 unspecified atom stereocenters. The first-order valence-electron chi connectivity index (χ1n) is 6.55. The molecule has 0 saturated carbocycles. The second-order valence-corrected chi connectivity index (χ2v) is 6.17. The van der Waals surface area contributed by atoms with Gasteiger partial charge in [-0.1, -0.05) is 45.2 Å². The number of benzene rings is 2. The van der Waals surface area contributed by atoms with Crippen molar-refractivity contribution < 1.29 is 4.79 Å². The highest BCUT2D eigenvalue weighted by atomic mass is 79.9. The molecule has 1 atom stereocenters. The van der Waals surface area contributed by atoms with Gasteiger partial charge in [-0.3, -0.25) is 4.79 Å². The number of rotatable bonds is 4. The van der Waals surface area contributed by atoms with Crippen LogP contribution in [0.3, 0.4) is 0 Å². The quantitative estimate of drug-likeness (QED) is 0.811. The third kappa shape index (κ3) is 4.48. The fourth-order valence-corrected chi connectivity index (χ4v) is 2.52. The highest BCUT2D eigenvalue weighted by Crippen LogP contribution is 2.26. The molecule has 0 aliphatic carbocycles. The zero-order valence-corrected chi connectivity index (χ0v) is 14.1. The van der Waals surface area contributed by atoms with E-state index in [4.69, 9.17) is 11.6 Å². The van der Waals surface area contributed by atoms with Gasteiger partial charge in [0.15, 0.2) is 0 Å². The topological polar surface area (TPSA) is 41.1 Å². The SMILES string of the molecule is Cc1ccc(NC(=O)C(C)Nc2ccc(Br)cc2Cl)cc1. The number of amides is 1. The Morgan fingerprint density at radius 1 is 1.19 bits per heavy atom. The highest BCUT2D eigenvalue weighted by molar-refractivity contribution is 9.10. The average molecular weight is 368 g/mol. The van der Waals surface area contributed by atoms with Crippen molar-refractivity contribution in [2.24, 2.45) is 0 Å². The minimum absolute atomic E-state index is 0.113. The van der Waals surface area contributed by atoms with Crippen LogP contribution in [0.1, 0.15) is 12.5 Å². The normalized spacial score (nSPS) is 11.8. The Hall–Kier alpha value is -1.52. The second kappa shape index (κ2) is 6.96. The summed E-state index contributed by atoms with van der Waals surface area (Å²) in [5.74, 6) is -0.113. The van der Waals surface area contributed by atoms with Gasteiger partial charge in [-0.15, -0.1) is 0 Å². The Balaban J connectivity index is 2.00. The van der Waals surface area contributed by atoms with Crippen LogP contribution < -0.4 is 10.6 Å². The Bertz CT molecular complexity index is 643. The van der Waals surface area contributed by atoms with E-state index in [9.17, 15) is 4.79 Å². The molecule has 21 heavy (non-hydrogen) atoms. The molecule has 0 radical (unpaired) electrons. The van der Waals surface area contributed by atoms with Crippen LogP contribution >= 0.6 is 27.5 Å². The van der Waals surface area contributed by atoms with E-state index in [0.29, 0.717) is 5.02 Å². The Kier molecular flexibility index (Phi) is 5.26. The zero-order valence-electron chi connectivity index (χ0n) is 11.8. The van der Waals surface area contributed by atoms with Crippen LogP contribution in [-0.4, -0.2) is 11.9 Å². The van der Waals surface area contributed by atoms with E-state index in [0.717, 1.165) is 21.4 Å². The number of hydrogen-bond donors (Lipinski definition) is 2. The maximum atomic E-state index is 12.2. The van der Waals surface area contributed by atoms with Crippen LogP contribution in [0.5, 0.6) is 0 Å². The second-order valence-electron chi connectivity index (χ2n) is 4.85. The molecular formula is C16H16BrClN2O. The maximum Gasteiger partial charge on any atom is 0.246 e. The van der Waals surface area contributed by atoms with E-state index < -0.39 is 6.04 Å². The van der Waals surface area contributed by atoms with Gasteiger partial charge in [0.25, 0.3) is 0 Å². The molecule has 0 heterocycles. The van der Waals surface area contributed by atoms with E-state index in [1.165, 1.54) is 0 Å². The predicted molar refractivity (Wildman–Crippen MR) is 92.0 cm³/mol. The van der Waals surface area contributed by atoms with Crippen LogP contribution in [-0.2, 0) is 4.79 Å². The van der Waals surface area contributed by atoms with Crippen molar-refractivity contribution in [1.82, 2.24) is 0 Å². The van der Waals surface area contributed by atoms with Gasteiger partial charge in [0.2, 0.25) is 5.91 Å². The molecule has 0 aliphatic rings. The van der Waals surface area contributed by atoms with E-state index in [1.54, 1.807) is 13.0 Å². The first-order chi connectivity index (χ1) is 9.95. The molecule has 0 aromatic heterocycles. The van der Waals surface area contributed by atoms with Crippen molar-refractivity contribution in [2.75, 3.05) is 10.6 Å². The van der Waals surface area contributed by atoms with Crippen LogP contribution in [0.2, 0.25) is 5.02 Å². The molecule has 2 rings (SSSR count). The number of anilines is 2. The molecule has 5 heteroatoms. The number of hydrogen-bond acceptors (Lipinski definition) is 2. The summed E-state index contributed by atoms with van der Waals surface area (Å²) in [4.78, 5) is 12.2. The van der Waals surface area contributed by atoms with Gasteiger partial charge in [-0.25, -0.2) is 0 Å². The fraction of sp³-hybridized carbons (Fsp3) is 0.188. The van der Waals surface area contributed by atoms with Gasteiger partial charge < -0.3 is 10.6 Å². The van der Waals surface area contributed by atoms with E-state index >= 15 is 0 Å². The van der Waals surface area contributed by atoms with Gasteiger partial charge in [0.05, 0.1) is 10.7 Å². The average Bonchev–Trinajstić information content (AvgIpc) is 2.44. The fourth-order valence-electron chi connectivity index (χ4n) is 1.79. The van der Waals surface area contributed by atoms with Crippen LogP contribution in [0.25, 0.3) is 0 Å². The third-order valence-corrected chi connectivity index (χ3v) is 3.82. The first kappa shape index (κ1) is 15.9. The molecule has 1 amide bonds. The van der Waals surface area contributed by atoms with Gasteiger partial charge in [-0.2, -0.15) is 0 Å². The van der Waals surface area contributed by atoms with Crippen molar-refractivity contribution in [2.45, 2.75) is 19.9 Å². The minimum Gasteiger partial charge on any atom is -0.373 e. The molecule has 0 bridgehead atoms. The van der Waals surface area contributed by atoms with Crippen LogP contribution in [0.4, 0.5) is 11.4 Å². The summed E-state index contributed by atoms with van der Waals surface area (Å²) in [6, 6.07) is 12.8. The van der Waals surface area contributed by atoms with E-state index in [2.05, 4.69) is 26.6 Å². The van der Waals surface area contributed by atoms with Crippen LogP contribution in [0, 0.1) is 6.92 Å².